The van der Waals surface area contributed by atoms with Gasteiger partial charge in [0.15, 0.2) is 0 Å². The molecule has 1 fully saturated rings. The monoisotopic (exact) mass is 413 g/mol. The van der Waals surface area contributed by atoms with Gasteiger partial charge in [0, 0.05) is 32.2 Å². The van der Waals surface area contributed by atoms with Crippen LogP contribution in [0.3, 0.4) is 0 Å². The van der Waals surface area contributed by atoms with E-state index in [2.05, 4.69) is 52.7 Å². The Kier molecular flexibility index (Phi) is 5.53. The lowest BCUT2D eigenvalue weighted by Crippen LogP contribution is -2.46. The number of carbonyl (C=O) groups is 2. The van der Waals surface area contributed by atoms with E-state index < -0.39 is 0 Å². The summed E-state index contributed by atoms with van der Waals surface area (Å²) in [4.78, 5) is 29.1. The van der Waals surface area contributed by atoms with Gasteiger partial charge in [-0.25, -0.2) is 0 Å². The summed E-state index contributed by atoms with van der Waals surface area (Å²) in [6.45, 7) is 4.36. The lowest BCUT2D eigenvalue weighted by atomic mass is 9.96. The summed E-state index contributed by atoms with van der Waals surface area (Å²) in [6.07, 6.45) is 1.77. The summed E-state index contributed by atoms with van der Waals surface area (Å²) in [6, 6.07) is 22.6. The summed E-state index contributed by atoms with van der Waals surface area (Å²) < 4.78 is 0. The number of hydrogen-bond donors (Lipinski definition) is 1. The molecule has 2 aliphatic heterocycles. The molecule has 1 atom stereocenters. The first kappa shape index (κ1) is 19.9. The van der Waals surface area contributed by atoms with Crippen LogP contribution in [0.25, 0.3) is 10.8 Å². The zero-order valence-electron chi connectivity index (χ0n) is 17.6. The van der Waals surface area contributed by atoms with Gasteiger partial charge >= 0.3 is 0 Å². The van der Waals surface area contributed by atoms with Gasteiger partial charge in [0.25, 0.3) is 11.8 Å². The third-order valence-electron chi connectivity index (χ3n) is 6.49. The molecule has 0 radical (unpaired) electrons. The van der Waals surface area contributed by atoms with E-state index in [1.165, 1.54) is 21.2 Å². The van der Waals surface area contributed by atoms with E-state index in [0.717, 1.165) is 39.0 Å². The van der Waals surface area contributed by atoms with Crippen LogP contribution in [-0.4, -0.2) is 54.3 Å². The molecule has 0 aromatic heterocycles. The minimum absolute atomic E-state index is 0.156. The fraction of sp³-hybridized carbons (Fsp3) is 0.308. The van der Waals surface area contributed by atoms with Gasteiger partial charge in [0.2, 0.25) is 0 Å². The number of amides is 2. The minimum Gasteiger partial charge on any atom is -0.314 e. The summed E-state index contributed by atoms with van der Waals surface area (Å²) in [5, 5.41) is 6.13. The third kappa shape index (κ3) is 3.75. The SMILES string of the molecule is O=C1c2ccccc2C(=O)N1CCCCN1CCNCC1c1cccc2ccccc12. The van der Waals surface area contributed by atoms with E-state index in [9.17, 15) is 9.59 Å². The summed E-state index contributed by atoms with van der Waals surface area (Å²) in [5.41, 5.74) is 2.43. The fourth-order valence-corrected chi connectivity index (χ4v) is 4.89. The molecular formula is C26H27N3O2. The molecule has 2 heterocycles. The maximum absolute atomic E-state index is 12.6. The molecule has 1 unspecified atom stereocenters. The number of carbonyl (C=O) groups excluding carboxylic acids is 2. The molecule has 1 saturated heterocycles. The first-order valence-electron chi connectivity index (χ1n) is 11.1. The molecule has 2 aliphatic rings. The number of nitrogens with one attached hydrogen (secondary N) is 1. The number of nitrogens with zero attached hydrogens (tertiary/aromatic N) is 2. The van der Waals surface area contributed by atoms with Gasteiger partial charge < -0.3 is 5.32 Å². The fourth-order valence-electron chi connectivity index (χ4n) is 4.89. The molecule has 1 N–H and O–H groups in total. The highest BCUT2D eigenvalue weighted by Crippen LogP contribution is 2.29. The van der Waals surface area contributed by atoms with Crippen molar-refractivity contribution < 1.29 is 9.59 Å². The van der Waals surface area contributed by atoms with Crippen molar-refractivity contribution in [3.05, 3.63) is 83.4 Å². The molecule has 0 spiro atoms. The Morgan fingerprint density at radius 2 is 1.48 bits per heavy atom. The molecule has 2 amide bonds. The Bertz CT molecular complexity index is 1090. The Morgan fingerprint density at radius 3 is 2.29 bits per heavy atom. The lowest BCUT2D eigenvalue weighted by Gasteiger charge is -2.37. The van der Waals surface area contributed by atoms with Crippen molar-refractivity contribution in [1.82, 2.24) is 15.1 Å². The average Bonchev–Trinajstić information content (AvgIpc) is 3.06. The van der Waals surface area contributed by atoms with Gasteiger partial charge in [-0.05, 0) is 47.9 Å². The van der Waals surface area contributed by atoms with Gasteiger partial charge in [-0.3, -0.25) is 19.4 Å². The number of rotatable bonds is 6. The smallest absolute Gasteiger partial charge is 0.261 e. The summed E-state index contributed by atoms with van der Waals surface area (Å²) in [5.74, 6) is -0.312. The molecule has 0 saturated carbocycles. The van der Waals surface area contributed by atoms with Crippen molar-refractivity contribution in [1.29, 1.82) is 0 Å². The van der Waals surface area contributed by atoms with Crippen molar-refractivity contribution in [2.75, 3.05) is 32.7 Å². The molecule has 5 nitrogen and oxygen atoms in total. The first-order chi connectivity index (χ1) is 15.2. The van der Waals surface area contributed by atoms with Crippen molar-refractivity contribution in [3.8, 4) is 0 Å². The van der Waals surface area contributed by atoms with Crippen LogP contribution in [0.5, 0.6) is 0 Å². The topological polar surface area (TPSA) is 52.7 Å². The van der Waals surface area contributed by atoms with Gasteiger partial charge in [-0.2, -0.15) is 0 Å². The van der Waals surface area contributed by atoms with Crippen LogP contribution < -0.4 is 5.32 Å². The maximum Gasteiger partial charge on any atom is 0.261 e. The van der Waals surface area contributed by atoms with Gasteiger partial charge in [-0.1, -0.05) is 54.6 Å². The number of piperazine rings is 1. The van der Waals surface area contributed by atoms with Gasteiger partial charge in [-0.15, -0.1) is 0 Å². The molecule has 0 aliphatic carbocycles. The molecule has 3 aromatic rings. The second-order valence-corrected chi connectivity index (χ2v) is 8.34. The van der Waals surface area contributed by atoms with E-state index in [1.54, 1.807) is 12.1 Å². The Balaban J connectivity index is 1.23. The third-order valence-corrected chi connectivity index (χ3v) is 6.49. The van der Waals surface area contributed by atoms with E-state index >= 15 is 0 Å². The number of imide groups is 1. The van der Waals surface area contributed by atoms with Crippen molar-refractivity contribution in [3.63, 3.8) is 0 Å². The second-order valence-electron chi connectivity index (χ2n) is 8.34. The maximum atomic E-state index is 12.6. The van der Waals surface area contributed by atoms with Crippen LogP contribution in [0.4, 0.5) is 0 Å². The van der Waals surface area contributed by atoms with E-state index in [-0.39, 0.29) is 11.8 Å². The molecule has 158 valence electrons. The molecule has 3 aromatic carbocycles. The number of benzene rings is 3. The predicted molar refractivity (Wildman–Crippen MR) is 122 cm³/mol. The molecular weight excluding hydrogens is 386 g/mol. The molecule has 0 bridgehead atoms. The summed E-state index contributed by atoms with van der Waals surface area (Å²) >= 11 is 0. The van der Waals surface area contributed by atoms with Crippen LogP contribution in [-0.2, 0) is 0 Å². The average molecular weight is 414 g/mol. The minimum atomic E-state index is -0.156. The van der Waals surface area contributed by atoms with Gasteiger partial charge in [0.05, 0.1) is 11.1 Å². The highest BCUT2D eigenvalue weighted by molar-refractivity contribution is 6.21. The zero-order chi connectivity index (χ0) is 21.2. The Morgan fingerprint density at radius 1 is 0.806 bits per heavy atom. The molecule has 31 heavy (non-hydrogen) atoms. The van der Waals surface area contributed by atoms with E-state index in [4.69, 9.17) is 0 Å². The predicted octanol–water partition coefficient (Wildman–Crippen LogP) is 3.86. The summed E-state index contributed by atoms with van der Waals surface area (Å²) in [7, 11) is 0. The highest BCUT2D eigenvalue weighted by Gasteiger charge is 2.34. The zero-order valence-corrected chi connectivity index (χ0v) is 17.6. The normalized spacial score (nSPS) is 19.2. The van der Waals surface area contributed by atoms with Crippen LogP contribution >= 0.6 is 0 Å². The van der Waals surface area contributed by atoms with Crippen LogP contribution in [0.15, 0.2) is 66.7 Å². The van der Waals surface area contributed by atoms with Crippen LogP contribution in [0.2, 0.25) is 0 Å². The van der Waals surface area contributed by atoms with Crippen molar-refractivity contribution in [2.24, 2.45) is 0 Å². The Labute approximate surface area is 182 Å². The number of fused-ring (bicyclic) bond motifs is 2. The second kappa shape index (κ2) is 8.61. The van der Waals surface area contributed by atoms with Gasteiger partial charge in [0.1, 0.15) is 0 Å². The standard InChI is InChI=1S/C26H27N3O2/c30-25-22-11-3-4-12-23(22)26(31)29(25)16-6-5-15-28-17-14-27-18-24(28)21-13-7-9-19-8-1-2-10-20(19)21/h1-4,7-13,24,27H,5-6,14-18H2. The number of unbranched alkanes of at least 4 members (excludes halogenated alkanes) is 1. The largest absolute Gasteiger partial charge is 0.314 e. The van der Waals surface area contributed by atoms with E-state index in [0.29, 0.717) is 23.7 Å². The Hall–Kier alpha value is -3.02. The number of hydrogen-bond acceptors (Lipinski definition) is 4. The lowest BCUT2D eigenvalue weighted by molar-refractivity contribution is 0.0648. The van der Waals surface area contributed by atoms with Crippen molar-refractivity contribution in [2.45, 2.75) is 18.9 Å². The van der Waals surface area contributed by atoms with Crippen LogP contribution in [0, 0.1) is 0 Å². The quantitative estimate of drug-likeness (QED) is 0.493. The molecule has 5 rings (SSSR count). The van der Waals surface area contributed by atoms with Crippen molar-refractivity contribution >= 4 is 22.6 Å². The van der Waals surface area contributed by atoms with Crippen LogP contribution in [0.1, 0.15) is 45.2 Å². The first-order valence-corrected chi connectivity index (χ1v) is 11.1. The van der Waals surface area contributed by atoms with E-state index in [1.807, 2.05) is 12.1 Å². The molecule has 5 heteroatoms. The highest BCUT2D eigenvalue weighted by atomic mass is 16.2.